The van der Waals surface area contributed by atoms with Gasteiger partial charge in [0.15, 0.2) is 0 Å². The molecule has 128 valence electrons. The van der Waals surface area contributed by atoms with Gasteiger partial charge in [0, 0.05) is 38.9 Å². The minimum absolute atomic E-state index is 0.147. The van der Waals surface area contributed by atoms with Gasteiger partial charge in [-0.25, -0.2) is 0 Å². The fourth-order valence-corrected chi connectivity index (χ4v) is 2.55. The highest BCUT2D eigenvalue weighted by atomic mass is 16.5. The molecule has 0 aliphatic carbocycles. The lowest BCUT2D eigenvalue weighted by Crippen LogP contribution is -2.44. The molecule has 1 amide bonds. The molecule has 0 atom stereocenters. The largest absolute Gasteiger partial charge is 0.497 e. The summed E-state index contributed by atoms with van der Waals surface area (Å²) in [7, 11) is 1.61. The van der Waals surface area contributed by atoms with Crippen LogP contribution in [0.3, 0.4) is 0 Å². The highest BCUT2D eigenvalue weighted by molar-refractivity contribution is 5.97. The van der Waals surface area contributed by atoms with Crippen LogP contribution in [0, 0.1) is 11.3 Å². The number of hydrogen-bond acceptors (Lipinski definition) is 5. The molecule has 1 aromatic rings. The van der Waals surface area contributed by atoms with E-state index in [1.165, 1.54) is 0 Å². The standard InChI is InChI=1S/C18H24N4O2/c1-3-21-8-10-22(11-9-21)14-16(12-19)18(23)20-13-15-4-6-17(24-2)7-5-15/h4-7,14H,3,8-11,13H2,1-2H3,(H,20,23)/b16-14-. The van der Waals surface area contributed by atoms with Crippen LogP contribution in [-0.2, 0) is 11.3 Å². The Bertz CT molecular complexity index is 611. The molecule has 1 aromatic carbocycles. The molecule has 2 rings (SSSR count). The van der Waals surface area contributed by atoms with Crippen molar-refractivity contribution in [2.45, 2.75) is 13.5 Å². The van der Waals surface area contributed by atoms with Crippen molar-refractivity contribution in [1.82, 2.24) is 15.1 Å². The number of nitriles is 1. The number of piperazine rings is 1. The lowest BCUT2D eigenvalue weighted by molar-refractivity contribution is -0.117. The Balaban J connectivity index is 1.89. The SMILES string of the molecule is CCN1CCN(/C=C(/C#N)C(=O)NCc2ccc(OC)cc2)CC1. The Kier molecular flexibility index (Phi) is 6.64. The zero-order valence-electron chi connectivity index (χ0n) is 14.3. The monoisotopic (exact) mass is 328 g/mol. The molecule has 1 aliphatic rings. The third-order valence-corrected chi connectivity index (χ3v) is 4.14. The number of likely N-dealkylation sites (N-methyl/N-ethyl adjacent to an activating group) is 1. The van der Waals surface area contributed by atoms with Gasteiger partial charge in [0.05, 0.1) is 7.11 Å². The average molecular weight is 328 g/mol. The van der Waals surface area contributed by atoms with E-state index in [0.717, 1.165) is 44.0 Å². The van der Waals surface area contributed by atoms with E-state index in [0.29, 0.717) is 6.54 Å². The first-order valence-electron chi connectivity index (χ1n) is 8.15. The summed E-state index contributed by atoms with van der Waals surface area (Å²) in [5.74, 6) is 0.431. The van der Waals surface area contributed by atoms with Gasteiger partial charge < -0.3 is 19.9 Å². The van der Waals surface area contributed by atoms with Crippen molar-refractivity contribution in [3.8, 4) is 11.8 Å². The third-order valence-electron chi connectivity index (χ3n) is 4.14. The van der Waals surface area contributed by atoms with Crippen molar-refractivity contribution in [2.75, 3.05) is 39.8 Å². The molecule has 0 radical (unpaired) electrons. The van der Waals surface area contributed by atoms with Crippen molar-refractivity contribution in [3.63, 3.8) is 0 Å². The van der Waals surface area contributed by atoms with E-state index in [1.54, 1.807) is 13.3 Å². The van der Waals surface area contributed by atoms with Gasteiger partial charge in [0.2, 0.25) is 0 Å². The van der Waals surface area contributed by atoms with Gasteiger partial charge in [-0.05, 0) is 24.2 Å². The average Bonchev–Trinajstić information content (AvgIpc) is 2.65. The van der Waals surface area contributed by atoms with Gasteiger partial charge in [-0.15, -0.1) is 0 Å². The van der Waals surface area contributed by atoms with Gasteiger partial charge in [-0.1, -0.05) is 19.1 Å². The molecule has 6 heteroatoms. The summed E-state index contributed by atoms with van der Waals surface area (Å²) in [6, 6.07) is 9.46. The van der Waals surface area contributed by atoms with Crippen molar-refractivity contribution >= 4 is 5.91 Å². The minimum Gasteiger partial charge on any atom is -0.497 e. The summed E-state index contributed by atoms with van der Waals surface area (Å²) in [5, 5.41) is 12.0. The molecule has 24 heavy (non-hydrogen) atoms. The van der Waals surface area contributed by atoms with Crippen LogP contribution in [0.2, 0.25) is 0 Å². The van der Waals surface area contributed by atoms with Crippen molar-refractivity contribution in [2.24, 2.45) is 0 Å². The predicted octanol–water partition coefficient (Wildman–Crippen LogP) is 1.36. The lowest BCUT2D eigenvalue weighted by Gasteiger charge is -2.33. The molecule has 0 bridgehead atoms. The zero-order chi connectivity index (χ0) is 17.4. The number of nitrogens with zero attached hydrogens (tertiary/aromatic N) is 3. The van der Waals surface area contributed by atoms with Gasteiger partial charge in [0.1, 0.15) is 17.4 Å². The molecule has 1 aliphatic heterocycles. The Labute approximate surface area is 143 Å². The number of amides is 1. The Morgan fingerprint density at radius 3 is 2.50 bits per heavy atom. The van der Waals surface area contributed by atoms with Gasteiger partial charge in [0.25, 0.3) is 5.91 Å². The van der Waals surface area contributed by atoms with Crippen LogP contribution in [0.1, 0.15) is 12.5 Å². The van der Waals surface area contributed by atoms with Crippen molar-refractivity contribution < 1.29 is 9.53 Å². The molecule has 0 spiro atoms. The first-order chi connectivity index (χ1) is 11.7. The number of nitrogens with one attached hydrogen (secondary N) is 1. The summed E-state index contributed by atoms with van der Waals surface area (Å²) in [6.45, 7) is 7.14. The number of benzene rings is 1. The number of methoxy groups -OCH3 is 1. The molecule has 6 nitrogen and oxygen atoms in total. The van der Waals surface area contributed by atoms with Gasteiger partial charge in [-0.2, -0.15) is 5.26 Å². The summed E-state index contributed by atoms with van der Waals surface area (Å²) in [5.41, 5.74) is 1.10. The molecule has 0 aromatic heterocycles. The highest BCUT2D eigenvalue weighted by Crippen LogP contribution is 2.11. The van der Waals surface area contributed by atoms with Gasteiger partial charge in [-0.3, -0.25) is 4.79 Å². The number of rotatable bonds is 6. The van der Waals surface area contributed by atoms with E-state index < -0.39 is 0 Å². The Morgan fingerprint density at radius 1 is 1.29 bits per heavy atom. The molecule has 1 N–H and O–H groups in total. The van der Waals surface area contributed by atoms with E-state index in [4.69, 9.17) is 4.74 Å². The molecule has 1 heterocycles. The lowest BCUT2D eigenvalue weighted by atomic mass is 10.2. The van der Waals surface area contributed by atoms with E-state index in [-0.39, 0.29) is 11.5 Å². The molecule has 0 unspecified atom stereocenters. The van der Waals surface area contributed by atoms with Crippen LogP contribution in [-0.4, -0.2) is 55.5 Å². The second-order valence-electron chi connectivity index (χ2n) is 5.66. The summed E-state index contributed by atoms with van der Waals surface area (Å²) in [6.07, 6.45) is 1.68. The van der Waals surface area contributed by atoms with Gasteiger partial charge >= 0.3 is 0 Å². The maximum absolute atomic E-state index is 12.2. The predicted molar refractivity (Wildman–Crippen MR) is 92.2 cm³/mol. The van der Waals surface area contributed by atoms with Crippen LogP contribution in [0.15, 0.2) is 36.0 Å². The second kappa shape index (κ2) is 8.94. The number of carbonyl (C=O) groups is 1. The highest BCUT2D eigenvalue weighted by Gasteiger charge is 2.16. The normalized spacial score (nSPS) is 15.7. The topological polar surface area (TPSA) is 68.6 Å². The molecular weight excluding hydrogens is 304 g/mol. The number of ether oxygens (including phenoxy) is 1. The quantitative estimate of drug-likeness (QED) is 0.631. The maximum atomic E-state index is 12.2. The zero-order valence-corrected chi connectivity index (χ0v) is 14.3. The molecular formula is C18H24N4O2. The van der Waals surface area contributed by atoms with Crippen molar-refractivity contribution in [3.05, 3.63) is 41.6 Å². The number of carbonyl (C=O) groups excluding carboxylic acids is 1. The molecule has 1 saturated heterocycles. The molecule has 0 saturated carbocycles. The van der Waals surface area contributed by atoms with E-state index in [9.17, 15) is 10.1 Å². The second-order valence-corrected chi connectivity index (χ2v) is 5.66. The first-order valence-corrected chi connectivity index (χ1v) is 8.15. The Morgan fingerprint density at radius 2 is 1.96 bits per heavy atom. The van der Waals surface area contributed by atoms with Crippen molar-refractivity contribution in [1.29, 1.82) is 5.26 Å². The van der Waals surface area contributed by atoms with Crippen LogP contribution >= 0.6 is 0 Å². The summed E-state index contributed by atoms with van der Waals surface area (Å²) in [4.78, 5) is 16.6. The first kappa shape index (κ1) is 17.8. The van der Waals surface area contributed by atoms with Crippen LogP contribution < -0.4 is 10.1 Å². The van der Waals surface area contributed by atoms with E-state index >= 15 is 0 Å². The van der Waals surface area contributed by atoms with E-state index in [1.807, 2.05) is 35.2 Å². The van der Waals surface area contributed by atoms with Crippen LogP contribution in [0.25, 0.3) is 0 Å². The molecule has 1 fully saturated rings. The fourth-order valence-electron chi connectivity index (χ4n) is 2.55. The van der Waals surface area contributed by atoms with Crippen LogP contribution in [0.5, 0.6) is 5.75 Å². The number of hydrogen-bond donors (Lipinski definition) is 1. The minimum atomic E-state index is -0.341. The maximum Gasteiger partial charge on any atom is 0.263 e. The summed E-state index contributed by atoms with van der Waals surface area (Å²) >= 11 is 0. The fraction of sp³-hybridized carbons (Fsp3) is 0.444. The van der Waals surface area contributed by atoms with E-state index in [2.05, 4.69) is 17.1 Å². The Hall–Kier alpha value is -2.52. The van der Waals surface area contributed by atoms with Crippen LogP contribution in [0.4, 0.5) is 0 Å². The summed E-state index contributed by atoms with van der Waals surface area (Å²) < 4.78 is 5.10. The third kappa shape index (κ3) is 5.00. The smallest absolute Gasteiger partial charge is 0.263 e.